The van der Waals surface area contributed by atoms with Gasteiger partial charge in [-0.15, -0.1) is 0 Å². The summed E-state index contributed by atoms with van der Waals surface area (Å²) in [6.07, 6.45) is 3.31. The minimum atomic E-state index is -0.550. The first-order valence-corrected chi connectivity index (χ1v) is 7.86. The van der Waals surface area contributed by atoms with Crippen molar-refractivity contribution in [3.63, 3.8) is 0 Å². The highest BCUT2D eigenvalue weighted by Gasteiger charge is 2.44. The van der Waals surface area contributed by atoms with Crippen LogP contribution in [0, 0.1) is 0 Å². The van der Waals surface area contributed by atoms with Crippen molar-refractivity contribution in [3.05, 3.63) is 30.3 Å². The Morgan fingerprint density at radius 1 is 1.24 bits per heavy atom. The smallest absolute Gasteiger partial charge is 0.119 e. The van der Waals surface area contributed by atoms with Crippen molar-refractivity contribution in [2.45, 2.75) is 43.4 Å². The molecule has 2 heterocycles. The highest BCUT2D eigenvalue weighted by molar-refractivity contribution is 5.20. The minimum Gasteiger partial charge on any atom is -0.494 e. The fourth-order valence-electron chi connectivity index (χ4n) is 3.55. The van der Waals surface area contributed by atoms with E-state index in [0.29, 0.717) is 18.7 Å². The number of ether oxygens (including phenoxy) is 2. The maximum absolute atomic E-state index is 10.9. The standard InChI is InChI=1S/C17H25NO3/c1-18-14-10-17(19,11-15(18)13-20-12-14)8-5-9-21-16-6-3-2-4-7-16/h2-4,6-7,14-15,19H,5,8-13H2,1H3. The van der Waals surface area contributed by atoms with Gasteiger partial charge in [-0.25, -0.2) is 0 Å². The van der Waals surface area contributed by atoms with Crippen LogP contribution in [0.3, 0.4) is 0 Å². The summed E-state index contributed by atoms with van der Waals surface area (Å²) < 4.78 is 11.3. The average Bonchev–Trinajstić information content (AvgIpc) is 2.47. The van der Waals surface area contributed by atoms with E-state index in [9.17, 15) is 5.11 Å². The zero-order chi connectivity index (χ0) is 14.7. The molecule has 2 saturated heterocycles. The van der Waals surface area contributed by atoms with Crippen molar-refractivity contribution < 1.29 is 14.6 Å². The minimum absolute atomic E-state index is 0.359. The van der Waals surface area contributed by atoms with Crippen LogP contribution < -0.4 is 4.74 Å². The maximum Gasteiger partial charge on any atom is 0.119 e. The van der Waals surface area contributed by atoms with E-state index in [4.69, 9.17) is 9.47 Å². The molecule has 2 aliphatic heterocycles. The molecule has 4 nitrogen and oxygen atoms in total. The molecule has 0 saturated carbocycles. The van der Waals surface area contributed by atoms with Gasteiger partial charge in [0.2, 0.25) is 0 Å². The van der Waals surface area contributed by atoms with Crippen molar-refractivity contribution in [1.29, 1.82) is 0 Å². The normalized spacial score (nSPS) is 32.9. The molecule has 0 radical (unpaired) electrons. The SMILES string of the molecule is CN1C2COCC1CC(O)(CCCOc1ccccc1)C2. The third-order valence-corrected chi connectivity index (χ3v) is 4.80. The predicted octanol–water partition coefficient (Wildman–Crippen LogP) is 2.07. The summed E-state index contributed by atoms with van der Waals surface area (Å²) in [5, 5.41) is 10.9. The lowest BCUT2D eigenvalue weighted by Crippen LogP contribution is -2.60. The highest BCUT2D eigenvalue weighted by atomic mass is 16.5. The van der Waals surface area contributed by atoms with Crippen molar-refractivity contribution in [3.8, 4) is 5.75 Å². The van der Waals surface area contributed by atoms with Crippen LogP contribution in [0.4, 0.5) is 0 Å². The van der Waals surface area contributed by atoms with Gasteiger partial charge < -0.3 is 14.6 Å². The summed E-state index contributed by atoms with van der Waals surface area (Å²) in [5.74, 6) is 0.901. The second kappa shape index (κ2) is 6.34. The number of aliphatic hydroxyl groups is 1. The van der Waals surface area contributed by atoms with Crippen LogP contribution >= 0.6 is 0 Å². The maximum atomic E-state index is 10.9. The van der Waals surface area contributed by atoms with Crippen LogP contribution in [0.25, 0.3) is 0 Å². The molecule has 2 atom stereocenters. The lowest BCUT2D eigenvalue weighted by atomic mass is 9.79. The highest BCUT2D eigenvalue weighted by Crippen LogP contribution is 2.36. The van der Waals surface area contributed by atoms with Crippen LogP contribution in [0.15, 0.2) is 30.3 Å². The van der Waals surface area contributed by atoms with Crippen molar-refractivity contribution in [1.82, 2.24) is 4.90 Å². The number of hydrogen-bond donors (Lipinski definition) is 1. The number of likely N-dealkylation sites (N-methyl/N-ethyl adjacent to an activating group) is 1. The second-order valence-corrected chi connectivity index (χ2v) is 6.41. The van der Waals surface area contributed by atoms with Gasteiger partial charge in [-0.3, -0.25) is 4.90 Å². The Kier molecular flexibility index (Phi) is 4.48. The second-order valence-electron chi connectivity index (χ2n) is 6.41. The molecule has 21 heavy (non-hydrogen) atoms. The average molecular weight is 291 g/mol. The van der Waals surface area contributed by atoms with Gasteiger partial charge in [-0.1, -0.05) is 18.2 Å². The molecular weight excluding hydrogens is 266 g/mol. The van der Waals surface area contributed by atoms with Crippen molar-refractivity contribution in [2.75, 3.05) is 26.9 Å². The fourth-order valence-corrected chi connectivity index (χ4v) is 3.55. The van der Waals surface area contributed by atoms with Crippen LogP contribution in [-0.4, -0.2) is 54.6 Å². The molecule has 0 aromatic heterocycles. The molecule has 116 valence electrons. The Morgan fingerprint density at radius 2 is 1.90 bits per heavy atom. The zero-order valence-electron chi connectivity index (χ0n) is 12.7. The van der Waals surface area contributed by atoms with Crippen LogP contribution in [0.1, 0.15) is 25.7 Å². The van der Waals surface area contributed by atoms with Gasteiger partial charge in [0, 0.05) is 12.1 Å². The van der Waals surface area contributed by atoms with E-state index < -0.39 is 5.60 Å². The molecule has 1 aromatic rings. The van der Waals surface area contributed by atoms with E-state index in [1.807, 2.05) is 30.3 Å². The van der Waals surface area contributed by atoms with E-state index in [-0.39, 0.29) is 0 Å². The lowest BCUT2D eigenvalue weighted by molar-refractivity contribution is -0.137. The lowest BCUT2D eigenvalue weighted by Gasteiger charge is -2.50. The summed E-state index contributed by atoms with van der Waals surface area (Å²) in [6, 6.07) is 10.6. The molecule has 3 rings (SSSR count). The van der Waals surface area contributed by atoms with Crippen LogP contribution in [-0.2, 0) is 4.74 Å². The molecule has 1 N–H and O–H groups in total. The van der Waals surface area contributed by atoms with Crippen LogP contribution in [0.2, 0.25) is 0 Å². The van der Waals surface area contributed by atoms with Crippen molar-refractivity contribution in [2.24, 2.45) is 0 Å². The Hall–Kier alpha value is -1.10. The third kappa shape index (κ3) is 3.57. The molecule has 1 aromatic carbocycles. The number of rotatable bonds is 5. The topological polar surface area (TPSA) is 41.9 Å². The Bertz CT molecular complexity index is 437. The van der Waals surface area contributed by atoms with Crippen molar-refractivity contribution >= 4 is 0 Å². The van der Waals surface area contributed by atoms with E-state index in [1.54, 1.807) is 0 Å². The molecular formula is C17H25NO3. The van der Waals surface area contributed by atoms with Gasteiger partial charge in [0.1, 0.15) is 5.75 Å². The molecule has 0 amide bonds. The fraction of sp³-hybridized carbons (Fsp3) is 0.647. The number of morpholine rings is 1. The first-order valence-electron chi connectivity index (χ1n) is 7.86. The molecule has 2 aliphatic rings. The Labute approximate surface area is 126 Å². The van der Waals surface area contributed by atoms with Gasteiger partial charge in [0.15, 0.2) is 0 Å². The summed E-state index contributed by atoms with van der Waals surface area (Å²) in [4.78, 5) is 2.37. The Morgan fingerprint density at radius 3 is 2.57 bits per heavy atom. The zero-order valence-corrected chi connectivity index (χ0v) is 12.7. The number of hydrogen-bond acceptors (Lipinski definition) is 4. The first kappa shape index (κ1) is 14.8. The van der Waals surface area contributed by atoms with Gasteiger partial charge in [0.25, 0.3) is 0 Å². The molecule has 2 fully saturated rings. The molecule has 2 unspecified atom stereocenters. The first-order chi connectivity index (χ1) is 10.2. The molecule has 2 bridgehead atoms. The summed E-state index contributed by atoms with van der Waals surface area (Å²) in [6.45, 7) is 2.15. The van der Waals surface area contributed by atoms with Crippen LogP contribution in [0.5, 0.6) is 5.75 Å². The predicted molar refractivity (Wildman–Crippen MR) is 81.5 cm³/mol. The number of fused-ring (bicyclic) bond motifs is 2. The van der Waals surface area contributed by atoms with Gasteiger partial charge in [0.05, 0.1) is 25.4 Å². The quantitative estimate of drug-likeness (QED) is 0.843. The molecule has 4 heteroatoms. The van der Waals surface area contributed by atoms with Gasteiger partial charge in [-0.05, 0) is 44.9 Å². The largest absolute Gasteiger partial charge is 0.494 e. The Balaban J connectivity index is 1.46. The monoisotopic (exact) mass is 291 g/mol. The third-order valence-electron chi connectivity index (χ3n) is 4.80. The van der Waals surface area contributed by atoms with E-state index in [2.05, 4.69) is 11.9 Å². The summed E-state index contributed by atoms with van der Waals surface area (Å²) in [7, 11) is 2.15. The molecule has 0 aliphatic carbocycles. The summed E-state index contributed by atoms with van der Waals surface area (Å²) in [5.41, 5.74) is -0.550. The number of nitrogens with zero attached hydrogens (tertiary/aromatic N) is 1. The number of para-hydroxylation sites is 1. The van der Waals surface area contributed by atoms with E-state index >= 15 is 0 Å². The molecule has 0 spiro atoms. The summed E-state index contributed by atoms with van der Waals surface area (Å²) >= 11 is 0. The van der Waals surface area contributed by atoms with E-state index in [0.717, 1.165) is 44.6 Å². The number of piperidine rings is 1. The van der Waals surface area contributed by atoms with Gasteiger partial charge in [-0.2, -0.15) is 0 Å². The number of benzene rings is 1. The van der Waals surface area contributed by atoms with E-state index in [1.165, 1.54) is 0 Å². The van der Waals surface area contributed by atoms with Gasteiger partial charge >= 0.3 is 0 Å².